The smallest absolute Gasteiger partial charge is 0.279 e. The van der Waals surface area contributed by atoms with Crippen LogP contribution in [0, 0.1) is 17.7 Å². The third-order valence-corrected chi connectivity index (χ3v) is 5.33. The fourth-order valence-corrected chi connectivity index (χ4v) is 3.74. The molecular weight excluding hydrogens is 381 g/mol. The third kappa shape index (κ3) is 4.72. The quantitative estimate of drug-likeness (QED) is 0.548. The summed E-state index contributed by atoms with van der Waals surface area (Å²) < 4.78 is 18.8. The standard InChI is InChI=1S/C20H24FN3O5/c1-12(29-16-9-5-4-8-15(16)21)18(26)23-22-17(25)10-11-24-19(27)13-6-2-3-7-14(13)20(24)28/h4-5,8-9,12-14H,2-3,6-7,10-11H2,1H3,(H,22,25)(H,23,26)/t12-,13-,14+/m0/s1. The molecule has 2 aliphatic rings. The van der Waals surface area contributed by atoms with Gasteiger partial charge >= 0.3 is 0 Å². The number of hydrogen-bond donors (Lipinski definition) is 2. The zero-order valence-corrected chi connectivity index (χ0v) is 16.2. The van der Waals surface area contributed by atoms with Gasteiger partial charge in [0.05, 0.1) is 11.8 Å². The van der Waals surface area contributed by atoms with E-state index in [0.29, 0.717) is 12.8 Å². The van der Waals surface area contributed by atoms with Crippen molar-refractivity contribution in [2.45, 2.75) is 45.1 Å². The van der Waals surface area contributed by atoms with Gasteiger partial charge in [0.2, 0.25) is 17.7 Å². The number of hydrazine groups is 1. The molecule has 1 heterocycles. The second-order valence-electron chi connectivity index (χ2n) is 7.30. The molecule has 0 bridgehead atoms. The van der Waals surface area contributed by atoms with Crippen LogP contribution in [0.25, 0.3) is 0 Å². The Morgan fingerprint density at radius 3 is 2.38 bits per heavy atom. The molecule has 1 saturated carbocycles. The van der Waals surface area contributed by atoms with Crippen LogP contribution < -0.4 is 15.6 Å². The summed E-state index contributed by atoms with van der Waals surface area (Å²) in [5.74, 6) is -2.81. The molecule has 3 rings (SSSR count). The Morgan fingerprint density at radius 1 is 1.14 bits per heavy atom. The van der Waals surface area contributed by atoms with Crippen molar-refractivity contribution < 1.29 is 28.3 Å². The van der Waals surface area contributed by atoms with Crippen molar-refractivity contribution in [3.63, 3.8) is 0 Å². The van der Waals surface area contributed by atoms with Gasteiger partial charge in [-0.2, -0.15) is 0 Å². The van der Waals surface area contributed by atoms with Crippen LogP contribution in [0.5, 0.6) is 5.75 Å². The third-order valence-electron chi connectivity index (χ3n) is 5.33. The van der Waals surface area contributed by atoms with Crippen LogP contribution in [0.2, 0.25) is 0 Å². The van der Waals surface area contributed by atoms with E-state index in [2.05, 4.69) is 10.9 Å². The molecule has 29 heavy (non-hydrogen) atoms. The topological polar surface area (TPSA) is 105 Å². The van der Waals surface area contributed by atoms with Gasteiger partial charge in [0.25, 0.3) is 5.91 Å². The Labute approximate surface area is 167 Å². The maximum Gasteiger partial charge on any atom is 0.279 e. The Kier molecular flexibility index (Phi) is 6.46. The van der Waals surface area contributed by atoms with Crippen LogP contribution in [-0.2, 0) is 19.2 Å². The normalized spacial score (nSPS) is 22.1. The number of para-hydroxylation sites is 1. The summed E-state index contributed by atoms with van der Waals surface area (Å²) in [5, 5.41) is 0. The van der Waals surface area contributed by atoms with E-state index in [1.54, 1.807) is 6.07 Å². The minimum Gasteiger partial charge on any atom is -0.478 e. The molecule has 9 heteroatoms. The minimum atomic E-state index is -1.04. The fraction of sp³-hybridized carbons (Fsp3) is 0.500. The molecule has 0 spiro atoms. The van der Waals surface area contributed by atoms with E-state index < -0.39 is 23.7 Å². The van der Waals surface area contributed by atoms with E-state index in [0.717, 1.165) is 17.7 Å². The molecule has 1 aromatic rings. The van der Waals surface area contributed by atoms with Crippen molar-refractivity contribution in [3.8, 4) is 5.75 Å². The van der Waals surface area contributed by atoms with Crippen molar-refractivity contribution in [2.75, 3.05) is 6.54 Å². The molecule has 2 N–H and O–H groups in total. The van der Waals surface area contributed by atoms with Gasteiger partial charge in [-0.25, -0.2) is 4.39 Å². The lowest BCUT2D eigenvalue weighted by Gasteiger charge is -2.19. The number of likely N-dealkylation sites (tertiary alicyclic amines) is 1. The van der Waals surface area contributed by atoms with Crippen LogP contribution in [0.1, 0.15) is 39.0 Å². The number of benzene rings is 1. The fourth-order valence-electron chi connectivity index (χ4n) is 3.74. The zero-order valence-electron chi connectivity index (χ0n) is 16.2. The van der Waals surface area contributed by atoms with Crippen LogP contribution in [0.15, 0.2) is 24.3 Å². The number of halogens is 1. The average Bonchev–Trinajstić information content (AvgIpc) is 2.96. The number of fused-ring (bicyclic) bond motifs is 1. The Bertz CT molecular complexity index is 791. The van der Waals surface area contributed by atoms with Gasteiger partial charge in [-0.1, -0.05) is 25.0 Å². The van der Waals surface area contributed by atoms with Crippen LogP contribution >= 0.6 is 0 Å². The van der Waals surface area contributed by atoms with E-state index in [-0.39, 0.29) is 42.4 Å². The number of nitrogens with zero attached hydrogens (tertiary/aromatic N) is 1. The maximum atomic E-state index is 13.6. The first-order chi connectivity index (χ1) is 13.9. The molecular formula is C20H24FN3O5. The first-order valence-electron chi connectivity index (χ1n) is 9.73. The highest BCUT2D eigenvalue weighted by atomic mass is 19.1. The van der Waals surface area contributed by atoms with E-state index in [9.17, 15) is 23.6 Å². The number of carbonyl (C=O) groups excluding carboxylic acids is 4. The van der Waals surface area contributed by atoms with Gasteiger partial charge < -0.3 is 4.74 Å². The first-order valence-corrected chi connectivity index (χ1v) is 9.73. The zero-order chi connectivity index (χ0) is 21.0. The minimum absolute atomic E-state index is 0.0202. The molecule has 2 fully saturated rings. The molecule has 4 amide bonds. The average molecular weight is 405 g/mol. The van der Waals surface area contributed by atoms with Gasteiger partial charge in [0, 0.05) is 13.0 Å². The molecule has 3 atom stereocenters. The van der Waals surface area contributed by atoms with Gasteiger partial charge in [0.15, 0.2) is 17.7 Å². The number of hydrogen-bond acceptors (Lipinski definition) is 5. The Hall–Kier alpha value is -2.97. The van der Waals surface area contributed by atoms with Crippen LogP contribution in [-0.4, -0.2) is 41.2 Å². The molecule has 1 aliphatic heterocycles. The van der Waals surface area contributed by atoms with Crippen molar-refractivity contribution in [1.29, 1.82) is 0 Å². The van der Waals surface area contributed by atoms with Gasteiger partial charge in [-0.3, -0.25) is 34.9 Å². The molecule has 0 aromatic heterocycles. The molecule has 1 saturated heterocycles. The largest absolute Gasteiger partial charge is 0.478 e. The van der Waals surface area contributed by atoms with Gasteiger partial charge in [-0.05, 0) is 31.9 Å². The second-order valence-corrected chi connectivity index (χ2v) is 7.30. The predicted octanol–water partition coefficient (Wildman–Crippen LogP) is 1.31. The SMILES string of the molecule is C[C@H](Oc1ccccc1F)C(=O)NNC(=O)CCN1C(=O)[C@H]2CCCC[C@H]2C1=O. The summed E-state index contributed by atoms with van der Waals surface area (Å²) in [5.41, 5.74) is 4.41. The van der Waals surface area contributed by atoms with Crippen molar-refractivity contribution in [1.82, 2.24) is 15.8 Å². The molecule has 8 nitrogen and oxygen atoms in total. The maximum absolute atomic E-state index is 13.6. The lowest BCUT2D eigenvalue weighted by molar-refractivity contribution is -0.140. The summed E-state index contributed by atoms with van der Waals surface area (Å²) in [7, 11) is 0. The van der Waals surface area contributed by atoms with Crippen LogP contribution in [0.3, 0.4) is 0 Å². The summed E-state index contributed by atoms with van der Waals surface area (Å²) in [4.78, 5) is 49.9. The van der Waals surface area contributed by atoms with E-state index in [1.165, 1.54) is 25.1 Å². The van der Waals surface area contributed by atoms with Crippen molar-refractivity contribution >= 4 is 23.6 Å². The molecule has 1 aromatic carbocycles. The van der Waals surface area contributed by atoms with Crippen LogP contribution in [0.4, 0.5) is 4.39 Å². The van der Waals surface area contributed by atoms with Gasteiger partial charge in [-0.15, -0.1) is 0 Å². The van der Waals surface area contributed by atoms with Crippen molar-refractivity contribution in [3.05, 3.63) is 30.1 Å². The van der Waals surface area contributed by atoms with E-state index in [1.807, 2.05) is 0 Å². The summed E-state index contributed by atoms with van der Waals surface area (Å²) in [6.07, 6.45) is 2.14. The monoisotopic (exact) mass is 405 g/mol. The van der Waals surface area contributed by atoms with Gasteiger partial charge in [0.1, 0.15) is 0 Å². The lowest BCUT2D eigenvalue weighted by Crippen LogP contribution is -2.48. The highest BCUT2D eigenvalue weighted by Crippen LogP contribution is 2.37. The Morgan fingerprint density at radius 2 is 1.76 bits per heavy atom. The lowest BCUT2D eigenvalue weighted by atomic mass is 9.81. The van der Waals surface area contributed by atoms with E-state index >= 15 is 0 Å². The number of amides is 4. The number of ether oxygens (including phenoxy) is 1. The van der Waals surface area contributed by atoms with E-state index in [4.69, 9.17) is 4.74 Å². The number of nitrogens with one attached hydrogen (secondary N) is 2. The highest BCUT2D eigenvalue weighted by Gasteiger charge is 2.47. The summed E-state index contributed by atoms with van der Waals surface area (Å²) in [6.45, 7) is 1.39. The predicted molar refractivity (Wildman–Crippen MR) is 99.6 cm³/mol. The number of carbonyl (C=O) groups is 4. The first kappa shape index (κ1) is 20.8. The summed E-state index contributed by atoms with van der Waals surface area (Å²) in [6, 6.07) is 5.66. The van der Waals surface area contributed by atoms with Crippen molar-refractivity contribution in [2.24, 2.45) is 11.8 Å². The molecule has 156 valence electrons. The Balaban J connectivity index is 1.43. The summed E-state index contributed by atoms with van der Waals surface area (Å²) >= 11 is 0. The number of rotatable bonds is 6. The second kappa shape index (κ2) is 9.02. The molecule has 1 aliphatic carbocycles. The number of imide groups is 1. The molecule has 0 radical (unpaired) electrons. The highest BCUT2D eigenvalue weighted by molar-refractivity contribution is 6.05. The molecule has 0 unspecified atom stereocenters.